The summed E-state index contributed by atoms with van der Waals surface area (Å²) in [5.41, 5.74) is 0.673. The van der Waals surface area contributed by atoms with E-state index in [-0.39, 0.29) is 35.4 Å². The molecular weight excluding hydrogens is 473 g/mol. The fraction of sp³-hybridized carbons (Fsp3) is 0.208. The van der Waals surface area contributed by atoms with Crippen LogP contribution in [0, 0.1) is 24.1 Å². The van der Waals surface area contributed by atoms with E-state index in [1.165, 1.54) is 15.4 Å². The van der Waals surface area contributed by atoms with Gasteiger partial charge in [0.05, 0.1) is 11.8 Å². The monoisotopic (exact) mass is 490 g/mol. The number of alkyl halides is 2. The van der Waals surface area contributed by atoms with Crippen molar-refractivity contribution >= 4 is 22.2 Å². The van der Waals surface area contributed by atoms with Gasteiger partial charge in [0.1, 0.15) is 28.8 Å². The van der Waals surface area contributed by atoms with Gasteiger partial charge in [0.2, 0.25) is 0 Å². The maximum atomic E-state index is 15.6. The molecule has 6 rings (SSSR count). The number of fused-ring (bicyclic) bond motifs is 2. The number of benzene rings is 1. The van der Waals surface area contributed by atoms with E-state index in [0.29, 0.717) is 28.0 Å². The van der Waals surface area contributed by atoms with Gasteiger partial charge in [-0.1, -0.05) is 6.07 Å². The summed E-state index contributed by atoms with van der Waals surface area (Å²) < 4.78 is 45.6. The van der Waals surface area contributed by atoms with Gasteiger partial charge in [-0.2, -0.15) is 20.0 Å². The minimum atomic E-state index is -2.98. The second-order valence-electron chi connectivity index (χ2n) is 8.49. The van der Waals surface area contributed by atoms with E-state index in [4.69, 9.17) is 0 Å². The average Bonchev–Trinajstić information content (AvgIpc) is 3.49. The molecule has 9 nitrogen and oxygen atoms in total. The van der Waals surface area contributed by atoms with Crippen molar-refractivity contribution in [2.24, 2.45) is 0 Å². The number of β-amino-alcohol motifs (C(OH)–C–C–N with tert-alkyl or cyclic N) is 1. The fourth-order valence-corrected chi connectivity index (χ4v) is 4.64. The van der Waals surface area contributed by atoms with Gasteiger partial charge < -0.3 is 10.0 Å². The van der Waals surface area contributed by atoms with Crippen LogP contribution >= 0.6 is 0 Å². The van der Waals surface area contributed by atoms with E-state index < -0.39 is 24.0 Å². The van der Waals surface area contributed by atoms with Crippen molar-refractivity contribution in [2.45, 2.75) is 19.5 Å². The highest BCUT2D eigenvalue weighted by atomic mass is 19.3. The van der Waals surface area contributed by atoms with Crippen molar-refractivity contribution in [1.82, 2.24) is 29.4 Å². The lowest BCUT2D eigenvalue weighted by atomic mass is 9.98. The van der Waals surface area contributed by atoms with Crippen LogP contribution in [0.4, 0.5) is 19.0 Å². The van der Waals surface area contributed by atoms with E-state index in [0.717, 1.165) is 0 Å². The molecule has 0 bridgehead atoms. The molecule has 0 atom stereocenters. The van der Waals surface area contributed by atoms with Gasteiger partial charge in [-0.05, 0) is 24.4 Å². The molecule has 5 heterocycles. The molecule has 1 aliphatic rings. The molecular formula is C24H17F3N8O. The largest absolute Gasteiger partial charge is 0.389 e. The topological polar surface area (TPSA) is 108 Å². The van der Waals surface area contributed by atoms with Gasteiger partial charge in [-0.15, -0.1) is 0 Å². The van der Waals surface area contributed by atoms with Gasteiger partial charge in [-0.3, -0.25) is 4.98 Å². The Labute approximate surface area is 201 Å². The molecule has 1 fully saturated rings. The minimum absolute atomic E-state index is 0.00853. The summed E-state index contributed by atoms with van der Waals surface area (Å²) in [5, 5.41) is 28.4. The zero-order valence-corrected chi connectivity index (χ0v) is 18.8. The third kappa shape index (κ3) is 3.13. The standard InChI is InChI=1S/C24H17F3N8O/c1-12-19(16-8-29-9-17-14(16)3-4-18(20(17)25)34-6-2-5-30-34)24(33-10-13(36)11-33)35-23(31-12)15(7-28)21(32-35)22(26)27/h2-6,8-9,13,22,36H,10-11H2,1H3. The summed E-state index contributed by atoms with van der Waals surface area (Å²) in [6.45, 7) is 2.14. The van der Waals surface area contributed by atoms with Crippen LogP contribution in [-0.4, -0.2) is 53.7 Å². The number of nitriles is 1. The first-order chi connectivity index (χ1) is 17.4. The second kappa shape index (κ2) is 8.03. The predicted octanol–water partition coefficient (Wildman–Crippen LogP) is 3.57. The third-order valence-corrected chi connectivity index (χ3v) is 6.31. The van der Waals surface area contributed by atoms with Gasteiger partial charge in [-0.25, -0.2) is 22.8 Å². The smallest absolute Gasteiger partial charge is 0.283 e. The van der Waals surface area contributed by atoms with Crippen molar-refractivity contribution in [1.29, 1.82) is 5.26 Å². The molecule has 0 radical (unpaired) electrons. The Morgan fingerprint density at radius 1 is 1.19 bits per heavy atom. The summed E-state index contributed by atoms with van der Waals surface area (Å²) in [4.78, 5) is 10.5. The van der Waals surface area contributed by atoms with Crippen LogP contribution in [-0.2, 0) is 0 Å². The van der Waals surface area contributed by atoms with Gasteiger partial charge >= 0.3 is 0 Å². The second-order valence-corrected chi connectivity index (χ2v) is 8.49. The number of hydrogen-bond acceptors (Lipinski definition) is 7. The molecule has 0 spiro atoms. The lowest BCUT2D eigenvalue weighted by Crippen LogP contribution is -2.51. The van der Waals surface area contributed by atoms with Crippen molar-refractivity contribution in [3.8, 4) is 22.9 Å². The average molecular weight is 490 g/mol. The van der Waals surface area contributed by atoms with Crippen LogP contribution in [0.1, 0.15) is 23.4 Å². The lowest BCUT2D eigenvalue weighted by molar-refractivity contribution is 0.140. The van der Waals surface area contributed by atoms with Crippen LogP contribution < -0.4 is 4.90 Å². The fourth-order valence-electron chi connectivity index (χ4n) is 4.64. The molecule has 4 aromatic heterocycles. The lowest BCUT2D eigenvalue weighted by Gasteiger charge is -2.39. The minimum Gasteiger partial charge on any atom is -0.389 e. The maximum Gasteiger partial charge on any atom is 0.283 e. The first-order valence-corrected chi connectivity index (χ1v) is 11.0. The number of nitrogens with zero attached hydrogens (tertiary/aromatic N) is 8. The first-order valence-electron chi connectivity index (χ1n) is 11.0. The van der Waals surface area contributed by atoms with E-state index in [1.54, 1.807) is 54.7 Å². The van der Waals surface area contributed by atoms with Crippen molar-refractivity contribution in [2.75, 3.05) is 18.0 Å². The highest BCUT2D eigenvalue weighted by molar-refractivity contribution is 6.00. The van der Waals surface area contributed by atoms with E-state index in [1.807, 2.05) is 0 Å². The van der Waals surface area contributed by atoms with Crippen LogP contribution in [0.25, 0.3) is 33.2 Å². The number of anilines is 1. The number of aliphatic hydroxyl groups excluding tert-OH is 1. The normalized spacial score (nSPS) is 14.1. The zero-order valence-electron chi connectivity index (χ0n) is 18.8. The van der Waals surface area contributed by atoms with Crippen LogP contribution in [0.2, 0.25) is 0 Å². The number of halogens is 3. The zero-order chi connectivity index (χ0) is 25.1. The van der Waals surface area contributed by atoms with Crippen LogP contribution in [0.15, 0.2) is 43.0 Å². The van der Waals surface area contributed by atoms with E-state index in [2.05, 4.69) is 20.2 Å². The molecule has 1 saturated heterocycles. The Hall–Kier alpha value is -4.50. The molecule has 0 aliphatic carbocycles. The van der Waals surface area contributed by atoms with Gasteiger partial charge in [0.15, 0.2) is 11.5 Å². The highest BCUT2D eigenvalue weighted by Crippen LogP contribution is 2.41. The summed E-state index contributed by atoms with van der Waals surface area (Å²) in [6.07, 6.45) is 2.54. The number of aryl methyl sites for hydroxylation is 1. The molecule has 1 aromatic carbocycles. The quantitative estimate of drug-likeness (QED) is 0.410. The first kappa shape index (κ1) is 22.0. The third-order valence-electron chi connectivity index (χ3n) is 6.31. The number of hydrogen-bond donors (Lipinski definition) is 1. The predicted molar refractivity (Wildman–Crippen MR) is 123 cm³/mol. The number of pyridine rings is 1. The summed E-state index contributed by atoms with van der Waals surface area (Å²) >= 11 is 0. The van der Waals surface area contributed by atoms with Gasteiger partial charge in [0, 0.05) is 54.4 Å². The van der Waals surface area contributed by atoms with Crippen molar-refractivity contribution in [3.05, 3.63) is 65.8 Å². The van der Waals surface area contributed by atoms with Crippen LogP contribution in [0.3, 0.4) is 0 Å². The SMILES string of the molecule is Cc1nc2c(C#N)c(C(F)F)nn2c(N2CC(O)C2)c1-c1cncc2c(F)c(-n3cccn3)ccc12. The highest BCUT2D eigenvalue weighted by Gasteiger charge is 2.33. The van der Waals surface area contributed by atoms with Crippen LogP contribution in [0.5, 0.6) is 0 Å². The molecule has 5 aromatic rings. The summed E-state index contributed by atoms with van der Waals surface area (Å²) in [5.74, 6) is -0.152. The Kier molecular flexibility index (Phi) is 4.90. The molecule has 1 aliphatic heterocycles. The van der Waals surface area contributed by atoms with Gasteiger partial charge in [0.25, 0.3) is 6.43 Å². The molecule has 1 N–H and O–H groups in total. The Bertz CT molecular complexity index is 1680. The van der Waals surface area contributed by atoms with E-state index >= 15 is 4.39 Å². The Morgan fingerprint density at radius 2 is 2.00 bits per heavy atom. The summed E-state index contributed by atoms with van der Waals surface area (Å²) in [6, 6.07) is 6.81. The number of rotatable bonds is 4. The van der Waals surface area contributed by atoms with Crippen molar-refractivity contribution < 1.29 is 18.3 Å². The number of aromatic nitrogens is 6. The Morgan fingerprint density at radius 3 is 2.67 bits per heavy atom. The molecule has 0 unspecified atom stereocenters. The maximum absolute atomic E-state index is 15.6. The number of aliphatic hydroxyl groups is 1. The Balaban J connectivity index is 1.66. The molecule has 180 valence electrons. The molecule has 0 saturated carbocycles. The summed E-state index contributed by atoms with van der Waals surface area (Å²) in [7, 11) is 0. The molecule has 0 amide bonds. The molecule has 36 heavy (non-hydrogen) atoms. The van der Waals surface area contributed by atoms with E-state index in [9.17, 15) is 19.1 Å². The molecule has 12 heteroatoms. The van der Waals surface area contributed by atoms with Crippen molar-refractivity contribution in [3.63, 3.8) is 0 Å².